The molecule has 0 spiro atoms. The Hall–Kier alpha value is -1.84. The van der Waals surface area contributed by atoms with Crippen molar-refractivity contribution in [2.45, 2.75) is 18.7 Å². The van der Waals surface area contributed by atoms with Crippen LogP contribution in [-0.4, -0.2) is 33.1 Å². The number of allylic oxidation sites excluding steroid dienone is 2. The minimum Gasteiger partial charge on any atom is -0.335 e. The number of amides is 1. The highest BCUT2D eigenvalue weighted by atomic mass is 32.2. The summed E-state index contributed by atoms with van der Waals surface area (Å²) >= 11 is 8.04. The molecule has 0 atom stereocenters. The zero-order valence-electron chi connectivity index (χ0n) is 13.6. The zero-order chi connectivity index (χ0) is 18.1. The summed E-state index contributed by atoms with van der Waals surface area (Å²) in [7, 11) is 0. The molecule has 0 saturated carbocycles. The number of fused-ring (bicyclic) bond motifs is 1. The first kappa shape index (κ1) is 18.0. The van der Waals surface area contributed by atoms with E-state index in [9.17, 15) is 14.9 Å². The van der Waals surface area contributed by atoms with Gasteiger partial charge in [0.05, 0.1) is 20.5 Å². The molecule has 1 aromatic carbocycles. The number of non-ortho nitro benzene ring substituents is 1. The maximum Gasteiger partial charge on any atom is 0.271 e. The highest BCUT2D eigenvalue weighted by Crippen LogP contribution is 2.47. The van der Waals surface area contributed by atoms with Crippen molar-refractivity contribution in [1.82, 2.24) is 4.90 Å². The number of thiocarbonyl (C=S) groups is 1. The molecule has 0 unspecified atom stereocenters. The molecule has 9 heteroatoms. The first-order chi connectivity index (χ1) is 12.0. The van der Waals surface area contributed by atoms with Crippen molar-refractivity contribution in [3.05, 3.63) is 50.4 Å². The van der Waals surface area contributed by atoms with Crippen LogP contribution >= 0.6 is 35.7 Å². The lowest BCUT2D eigenvalue weighted by Crippen LogP contribution is -2.27. The quantitative estimate of drug-likeness (QED) is 0.330. The normalized spacial score (nSPS) is 20.1. The van der Waals surface area contributed by atoms with Gasteiger partial charge in [0, 0.05) is 30.1 Å². The van der Waals surface area contributed by atoms with E-state index >= 15 is 0 Å². The van der Waals surface area contributed by atoms with Crippen LogP contribution in [0.4, 0.5) is 11.4 Å². The molecule has 0 radical (unpaired) electrons. The summed E-state index contributed by atoms with van der Waals surface area (Å²) in [6.07, 6.45) is 3.66. The lowest BCUT2D eigenvalue weighted by molar-refractivity contribution is -0.384. The first-order valence-corrected chi connectivity index (χ1v) is 9.69. The second-order valence-electron chi connectivity index (χ2n) is 5.21. The van der Waals surface area contributed by atoms with Crippen molar-refractivity contribution in [2.24, 2.45) is 0 Å². The summed E-state index contributed by atoms with van der Waals surface area (Å²) < 4.78 is 0.572. The van der Waals surface area contributed by atoms with Gasteiger partial charge in [-0.15, -0.1) is 0 Å². The van der Waals surface area contributed by atoms with Crippen LogP contribution in [0.15, 0.2) is 45.2 Å². The molecule has 2 aliphatic heterocycles. The molecule has 2 heterocycles. The average molecular weight is 394 g/mol. The number of nitrogens with zero attached hydrogens (tertiary/aromatic N) is 3. The van der Waals surface area contributed by atoms with Gasteiger partial charge >= 0.3 is 0 Å². The maximum atomic E-state index is 12.3. The molecule has 0 bridgehead atoms. The summed E-state index contributed by atoms with van der Waals surface area (Å²) in [5.74, 6) is -0.0754. The predicted octanol–water partition coefficient (Wildman–Crippen LogP) is 4.13. The SMILES string of the molecule is CCN1C(=O)C(=CC=C2Sc3ccc([N+](=O)[O-])cc3N2CC)SC1=S. The second-order valence-corrected chi connectivity index (χ2v) is 7.95. The number of carbonyl (C=O) groups is 1. The fraction of sp³-hybridized carbons (Fsp3) is 0.250. The Morgan fingerprint density at radius 2 is 1.92 bits per heavy atom. The number of rotatable bonds is 4. The van der Waals surface area contributed by atoms with Crippen LogP contribution in [0.3, 0.4) is 0 Å². The minimum atomic E-state index is -0.392. The molecule has 130 valence electrons. The van der Waals surface area contributed by atoms with Gasteiger partial charge in [0.15, 0.2) is 0 Å². The Morgan fingerprint density at radius 3 is 2.52 bits per heavy atom. The van der Waals surface area contributed by atoms with Crippen LogP contribution in [0.2, 0.25) is 0 Å². The van der Waals surface area contributed by atoms with E-state index < -0.39 is 4.92 Å². The molecule has 1 saturated heterocycles. The second kappa shape index (κ2) is 7.19. The number of benzene rings is 1. The highest BCUT2D eigenvalue weighted by molar-refractivity contribution is 8.26. The average Bonchev–Trinajstić information content (AvgIpc) is 3.08. The van der Waals surface area contributed by atoms with Gasteiger partial charge in [-0.05, 0) is 32.1 Å². The van der Waals surface area contributed by atoms with Crippen LogP contribution in [0.1, 0.15) is 13.8 Å². The van der Waals surface area contributed by atoms with E-state index in [-0.39, 0.29) is 11.6 Å². The Morgan fingerprint density at radius 1 is 1.20 bits per heavy atom. The lowest BCUT2D eigenvalue weighted by atomic mass is 10.2. The molecule has 0 aromatic heterocycles. The fourth-order valence-corrected chi connectivity index (χ4v) is 5.02. The van der Waals surface area contributed by atoms with Crippen molar-refractivity contribution in [2.75, 3.05) is 18.0 Å². The van der Waals surface area contributed by atoms with Gasteiger partial charge in [-0.2, -0.15) is 0 Å². The smallest absolute Gasteiger partial charge is 0.271 e. The Bertz CT molecular complexity index is 835. The van der Waals surface area contributed by atoms with E-state index in [0.717, 1.165) is 15.6 Å². The van der Waals surface area contributed by atoms with Gasteiger partial charge in [0.2, 0.25) is 0 Å². The summed E-state index contributed by atoms with van der Waals surface area (Å²) in [6, 6.07) is 4.86. The van der Waals surface area contributed by atoms with Crippen molar-refractivity contribution in [3.63, 3.8) is 0 Å². The molecule has 1 fully saturated rings. The molecule has 1 amide bonds. The van der Waals surface area contributed by atoms with Crippen molar-refractivity contribution in [3.8, 4) is 0 Å². The van der Waals surface area contributed by atoms with E-state index in [0.29, 0.717) is 22.3 Å². The maximum absolute atomic E-state index is 12.3. The summed E-state index contributed by atoms with van der Waals surface area (Å²) in [4.78, 5) is 28.0. The van der Waals surface area contributed by atoms with E-state index in [1.165, 1.54) is 29.6 Å². The first-order valence-electron chi connectivity index (χ1n) is 7.65. The van der Waals surface area contributed by atoms with Gasteiger partial charge < -0.3 is 4.90 Å². The summed E-state index contributed by atoms with van der Waals surface area (Å²) in [5, 5.41) is 11.9. The van der Waals surface area contributed by atoms with Crippen LogP contribution in [0.25, 0.3) is 0 Å². The van der Waals surface area contributed by atoms with Crippen LogP contribution < -0.4 is 4.90 Å². The van der Waals surface area contributed by atoms with E-state index in [4.69, 9.17) is 12.2 Å². The largest absolute Gasteiger partial charge is 0.335 e. The van der Waals surface area contributed by atoms with Crippen molar-refractivity contribution < 1.29 is 9.72 Å². The molecule has 6 nitrogen and oxygen atoms in total. The van der Waals surface area contributed by atoms with E-state index in [1.54, 1.807) is 23.1 Å². The number of hydrogen-bond acceptors (Lipinski definition) is 7. The molecular formula is C16H15N3O3S3. The van der Waals surface area contributed by atoms with Gasteiger partial charge in [0.1, 0.15) is 4.32 Å². The molecule has 25 heavy (non-hydrogen) atoms. The predicted molar refractivity (Wildman–Crippen MR) is 106 cm³/mol. The van der Waals surface area contributed by atoms with Crippen molar-refractivity contribution in [1.29, 1.82) is 0 Å². The van der Waals surface area contributed by atoms with E-state index in [1.807, 2.05) is 24.8 Å². The van der Waals surface area contributed by atoms with Crippen LogP contribution in [0, 0.1) is 10.1 Å². The van der Waals surface area contributed by atoms with Gasteiger partial charge in [-0.25, -0.2) is 0 Å². The third kappa shape index (κ3) is 3.31. The Balaban J connectivity index is 1.90. The molecule has 3 rings (SSSR count). The highest BCUT2D eigenvalue weighted by Gasteiger charge is 2.31. The monoisotopic (exact) mass is 393 g/mol. The van der Waals surface area contributed by atoms with Crippen molar-refractivity contribution >= 4 is 57.3 Å². The van der Waals surface area contributed by atoms with Gasteiger partial charge in [-0.3, -0.25) is 19.8 Å². The number of carbonyl (C=O) groups excluding carboxylic acids is 1. The van der Waals surface area contributed by atoms with Crippen LogP contribution in [0.5, 0.6) is 0 Å². The number of anilines is 1. The molecule has 0 aliphatic carbocycles. The topological polar surface area (TPSA) is 66.7 Å². The Labute approximate surface area is 159 Å². The molecule has 0 N–H and O–H groups in total. The fourth-order valence-electron chi connectivity index (χ4n) is 2.59. The van der Waals surface area contributed by atoms with Crippen LogP contribution in [-0.2, 0) is 4.79 Å². The molecule has 1 aromatic rings. The Kier molecular flexibility index (Phi) is 5.16. The van der Waals surface area contributed by atoms with E-state index in [2.05, 4.69) is 0 Å². The number of likely N-dealkylation sites (N-methyl/N-ethyl adjacent to an activating group) is 1. The molecular weight excluding hydrogens is 378 g/mol. The van der Waals surface area contributed by atoms with Gasteiger partial charge in [-0.1, -0.05) is 35.7 Å². The number of hydrogen-bond donors (Lipinski definition) is 0. The zero-order valence-corrected chi connectivity index (χ0v) is 16.0. The summed E-state index contributed by atoms with van der Waals surface area (Å²) in [6.45, 7) is 5.11. The third-order valence-corrected chi connectivity index (χ3v) is 6.33. The minimum absolute atomic E-state index is 0.0721. The molecule has 2 aliphatic rings. The number of thioether (sulfide) groups is 2. The third-order valence-electron chi connectivity index (χ3n) is 3.81. The summed E-state index contributed by atoms with van der Waals surface area (Å²) in [5.41, 5.74) is 0.894. The number of nitro groups is 1. The lowest BCUT2D eigenvalue weighted by Gasteiger charge is -2.17. The number of nitro benzene ring substituents is 1. The van der Waals surface area contributed by atoms with Gasteiger partial charge in [0.25, 0.3) is 11.6 Å². The standard InChI is InChI=1S/C16H15N3O3S3/c1-3-17-11-9-10(19(21)22)5-6-12(11)24-14(17)8-7-13-15(20)18(4-2)16(23)25-13/h5-9H,3-4H2,1-2H3.